The first-order valence-corrected chi connectivity index (χ1v) is 4.16. The van der Waals surface area contributed by atoms with Crippen molar-refractivity contribution >= 4 is 5.91 Å². The van der Waals surface area contributed by atoms with Crippen molar-refractivity contribution in [3.63, 3.8) is 0 Å². The van der Waals surface area contributed by atoms with Crippen LogP contribution in [-0.2, 0) is 6.54 Å². The highest BCUT2D eigenvalue weighted by Gasteiger charge is 2.16. The Morgan fingerprint density at radius 3 is 2.62 bits per heavy atom. The molecule has 1 aromatic rings. The topological polar surface area (TPSA) is 72.9 Å². The number of aryl methyl sites for hydroxylation is 2. The molecule has 0 aliphatic heterocycles. The fraction of sp³-hybridized carbons (Fsp3) is 0.500. The summed E-state index contributed by atoms with van der Waals surface area (Å²) in [6.07, 6.45) is 0. The van der Waals surface area contributed by atoms with Crippen LogP contribution in [0.25, 0.3) is 0 Å². The van der Waals surface area contributed by atoms with Gasteiger partial charge in [0.2, 0.25) is 0 Å². The summed E-state index contributed by atoms with van der Waals surface area (Å²) in [6.45, 7) is 6.38. The van der Waals surface area contributed by atoms with Crippen LogP contribution in [-0.4, -0.2) is 15.7 Å². The summed E-state index contributed by atoms with van der Waals surface area (Å²) in [5.74, 6) is 4.77. The Bertz CT molecular complexity index is 329. The second-order valence-electron chi connectivity index (χ2n) is 2.84. The van der Waals surface area contributed by atoms with E-state index in [9.17, 15) is 4.79 Å². The molecule has 1 amide bonds. The molecule has 0 aliphatic rings. The van der Waals surface area contributed by atoms with E-state index < -0.39 is 0 Å². The van der Waals surface area contributed by atoms with Gasteiger partial charge in [-0.15, -0.1) is 0 Å². The number of hydrogen-bond acceptors (Lipinski definition) is 3. The van der Waals surface area contributed by atoms with E-state index in [1.807, 2.05) is 13.8 Å². The third-order valence-corrected chi connectivity index (χ3v) is 2.04. The van der Waals surface area contributed by atoms with Gasteiger partial charge >= 0.3 is 0 Å². The lowest BCUT2D eigenvalue weighted by molar-refractivity contribution is 0.0952. The molecule has 3 N–H and O–H groups in total. The summed E-state index contributed by atoms with van der Waals surface area (Å²) < 4.78 is 1.78. The van der Waals surface area contributed by atoms with Crippen molar-refractivity contribution in [2.24, 2.45) is 5.84 Å². The molecule has 0 aliphatic carbocycles. The lowest BCUT2D eigenvalue weighted by Crippen LogP contribution is -2.30. The second kappa shape index (κ2) is 3.57. The molecule has 5 nitrogen and oxygen atoms in total. The number of amides is 1. The van der Waals surface area contributed by atoms with Gasteiger partial charge in [-0.1, -0.05) is 0 Å². The van der Waals surface area contributed by atoms with Gasteiger partial charge in [-0.3, -0.25) is 14.9 Å². The predicted molar refractivity (Wildman–Crippen MR) is 49.0 cm³/mol. The largest absolute Gasteiger partial charge is 0.290 e. The smallest absolute Gasteiger partial charge is 0.268 e. The molecule has 0 unspecified atom stereocenters. The number of nitrogen functional groups attached to an aromatic ring is 1. The first-order valence-electron chi connectivity index (χ1n) is 4.16. The number of nitrogens with zero attached hydrogens (tertiary/aromatic N) is 2. The minimum absolute atomic E-state index is 0.283. The van der Waals surface area contributed by atoms with Gasteiger partial charge in [0.15, 0.2) is 0 Å². The number of aromatic nitrogens is 2. The van der Waals surface area contributed by atoms with Crippen LogP contribution in [0.2, 0.25) is 0 Å². The molecule has 0 atom stereocenters. The van der Waals surface area contributed by atoms with Crippen molar-refractivity contribution < 1.29 is 4.79 Å². The summed E-state index contributed by atoms with van der Waals surface area (Å²) in [4.78, 5) is 11.3. The van der Waals surface area contributed by atoms with Crippen molar-refractivity contribution in [2.45, 2.75) is 27.3 Å². The quantitative estimate of drug-likeness (QED) is 0.387. The minimum atomic E-state index is -0.283. The van der Waals surface area contributed by atoms with Gasteiger partial charge in [0.1, 0.15) is 0 Å². The van der Waals surface area contributed by atoms with Gasteiger partial charge in [-0.05, 0) is 20.8 Å². The van der Waals surface area contributed by atoms with Gasteiger partial charge in [0.05, 0.1) is 11.3 Å². The van der Waals surface area contributed by atoms with Crippen LogP contribution >= 0.6 is 0 Å². The Hall–Kier alpha value is -1.36. The molecule has 1 heterocycles. The summed E-state index contributed by atoms with van der Waals surface area (Å²) in [6, 6.07) is 0. The van der Waals surface area contributed by atoms with Crippen LogP contribution in [0, 0.1) is 13.8 Å². The highest BCUT2D eigenvalue weighted by Crippen LogP contribution is 2.11. The number of rotatable bonds is 2. The Morgan fingerprint density at radius 2 is 2.23 bits per heavy atom. The number of hydrazine groups is 1. The third-order valence-electron chi connectivity index (χ3n) is 2.04. The molecule has 5 heteroatoms. The molecule has 0 saturated carbocycles. The normalized spacial score (nSPS) is 10.2. The van der Waals surface area contributed by atoms with Crippen molar-refractivity contribution in [3.8, 4) is 0 Å². The average Bonchev–Trinajstić information content (AvgIpc) is 2.40. The summed E-state index contributed by atoms with van der Waals surface area (Å²) in [7, 11) is 0. The van der Waals surface area contributed by atoms with Crippen LogP contribution < -0.4 is 11.3 Å². The molecule has 1 rings (SSSR count). The van der Waals surface area contributed by atoms with E-state index in [2.05, 4.69) is 10.5 Å². The Morgan fingerprint density at radius 1 is 1.62 bits per heavy atom. The van der Waals surface area contributed by atoms with E-state index in [4.69, 9.17) is 5.84 Å². The molecular weight excluding hydrogens is 168 g/mol. The summed E-state index contributed by atoms with van der Waals surface area (Å²) in [5, 5.41) is 4.20. The van der Waals surface area contributed by atoms with Crippen LogP contribution in [0.4, 0.5) is 0 Å². The zero-order chi connectivity index (χ0) is 10.0. The van der Waals surface area contributed by atoms with Crippen LogP contribution in [0.1, 0.15) is 28.7 Å². The Labute approximate surface area is 76.9 Å². The second-order valence-corrected chi connectivity index (χ2v) is 2.84. The standard InChI is InChI=1S/C8H14N4O/c1-4-12-6(3)7(5(2)11-12)8(13)10-9/h4,9H2,1-3H3,(H,10,13). The first-order chi connectivity index (χ1) is 6.11. The van der Waals surface area contributed by atoms with E-state index in [1.165, 1.54) is 0 Å². The summed E-state index contributed by atoms with van der Waals surface area (Å²) >= 11 is 0. The number of nitrogens with two attached hydrogens (primary N) is 1. The van der Waals surface area contributed by atoms with Gasteiger partial charge < -0.3 is 0 Å². The molecule has 72 valence electrons. The van der Waals surface area contributed by atoms with E-state index in [1.54, 1.807) is 11.6 Å². The van der Waals surface area contributed by atoms with E-state index in [0.717, 1.165) is 12.2 Å². The fourth-order valence-corrected chi connectivity index (χ4v) is 1.41. The molecule has 0 spiro atoms. The zero-order valence-corrected chi connectivity index (χ0v) is 8.09. The zero-order valence-electron chi connectivity index (χ0n) is 8.09. The summed E-state index contributed by atoms with van der Waals surface area (Å²) in [5.41, 5.74) is 4.24. The predicted octanol–water partition coefficient (Wildman–Crippen LogP) is 0.123. The van der Waals surface area contributed by atoms with Gasteiger partial charge in [0, 0.05) is 12.2 Å². The molecule has 13 heavy (non-hydrogen) atoms. The molecule has 0 bridgehead atoms. The van der Waals surface area contributed by atoms with Gasteiger partial charge in [0.25, 0.3) is 5.91 Å². The first kappa shape index (κ1) is 9.73. The SMILES string of the molecule is CCn1nc(C)c(C(=O)NN)c1C. The average molecular weight is 182 g/mol. The highest BCUT2D eigenvalue weighted by atomic mass is 16.2. The fourth-order valence-electron chi connectivity index (χ4n) is 1.41. The highest BCUT2D eigenvalue weighted by molar-refractivity contribution is 5.95. The maximum Gasteiger partial charge on any atom is 0.268 e. The van der Waals surface area contributed by atoms with Crippen LogP contribution in [0.5, 0.6) is 0 Å². The van der Waals surface area contributed by atoms with E-state index in [-0.39, 0.29) is 5.91 Å². The lowest BCUT2D eigenvalue weighted by atomic mass is 10.2. The monoisotopic (exact) mass is 182 g/mol. The van der Waals surface area contributed by atoms with E-state index in [0.29, 0.717) is 11.3 Å². The van der Waals surface area contributed by atoms with E-state index >= 15 is 0 Å². The number of carbonyl (C=O) groups is 1. The molecule has 0 aromatic carbocycles. The van der Waals surface area contributed by atoms with Gasteiger partial charge in [-0.25, -0.2) is 5.84 Å². The van der Waals surface area contributed by atoms with Gasteiger partial charge in [-0.2, -0.15) is 5.10 Å². The number of hydrogen-bond donors (Lipinski definition) is 2. The minimum Gasteiger partial charge on any atom is -0.290 e. The van der Waals surface area contributed by atoms with Crippen molar-refractivity contribution in [3.05, 3.63) is 17.0 Å². The van der Waals surface area contributed by atoms with Crippen LogP contribution in [0.15, 0.2) is 0 Å². The Balaban J connectivity index is 3.20. The van der Waals surface area contributed by atoms with Crippen LogP contribution in [0.3, 0.4) is 0 Å². The maximum absolute atomic E-state index is 11.3. The van der Waals surface area contributed by atoms with Crippen molar-refractivity contribution in [1.29, 1.82) is 0 Å². The van der Waals surface area contributed by atoms with Crippen molar-refractivity contribution in [2.75, 3.05) is 0 Å². The third kappa shape index (κ3) is 1.55. The molecule has 1 aromatic heterocycles. The van der Waals surface area contributed by atoms with Crippen molar-refractivity contribution in [1.82, 2.24) is 15.2 Å². The number of carbonyl (C=O) groups excluding carboxylic acids is 1. The molecule has 0 saturated heterocycles. The Kier molecular flexibility index (Phi) is 2.67. The molecular formula is C8H14N4O. The number of nitrogens with one attached hydrogen (secondary N) is 1. The molecule has 0 radical (unpaired) electrons. The lowest BCUT2D eigenvalue weighted by Gasteiger charge is -2.00. The maximum atomic E-state index is 11.3. The molecule has 0 fully saturated rings.